The van der Waals surface area contributed by atoms with Crippen LogP contribution in [0.4, 0.5) is 0 Å². The standard InChI is InChI=1S/C35H42N2O6/c1-42-31-17-11-27(12-18-31)33(39)7-3-4-8-35(41)37(25-34(40)28-13-19-32(43-2)20-14-28)29(24-36-21-5-6-22-36)23-26-9-15-30(38)16-10-26/h9-20,29,38H,3-8,21-25H2,1-2H3/t29-/m0/s1. The summed E-state index contributed by atoms with van der Waals surface area (Å²) in [7, 11) is 3.16. The minimum atomic E-state index is -0.224. The summed E-state index contributed by atoms with van der Waals surface area (Å²) in [6.07, 6.45) is 4.51. The molecule has 1 fully saturated rings. The molecule has 0 spiro atoms. The third-order valence-corrected chi connectivity index (χ3v) is 8.02. The number of aromatic hydroxyl groups is 1. The van der Waals surface area contributed by atoms with Gasteiger partial charge in [0, 0.05) is 36.6 Å². The van der Waals surface area contributed by atoms with E-state index in [4.69, 9.17) is 9.47 Å². The molecule has 1 aliphatic heterocycles. The van der Waals surface area contributed by atoms with E-state index in [-0.39, 0.29) is 42.2 Å². The van der Waals surface area contributed by atoms with Crippen LogP contribution < -0.4 is 9.47 Å². The highest BCUT2D eigenvalue weighted by Crippen LogP contribution is 2.21. The lowest BCUT2D eigenvalue weighted by atomic mass is 10.0. The number of amides is 1. The highest BCUT2D eigenvalue weighted by atomic mass is 16.5. The number of methoxy groups -OCH3 is 2. The van der Waals surface area contributed by atoms with Gasteiger partial charge in [0.05, 0.1) is 20.8 Å². The summed E-state index contributed by atoms with van der Waals surface area (Å²) in [5.74, 6) is 1.34. The van der Waals surface area contributed by atoms with Gasteiger partial charge in [-0.2, -0.15) is 0 Å². The van der Waals surface area contributed by atoms with Gasteiger partial charge in [-0.15, -0.1) is 0 Å². The molecule has 0 bridgehead atoms. The number of ketones is 2. The van der Waals surface area contributed by atoms with Crippen LogP contribution in [0.3, 0.4) is 0 Å². The molecular formula is C35H42N2O6. The molecule has 1 saturated heterocycles. The van der Waals surface area contributed by atoms with Gasteiger partial charge < -0.3 is 24.4 Å². The fourth-order valence-corrected chi connectivity index (χ4v) is 5.51. The number of phenolic OH excluding ortho intramolecular Hbond substituents is 1. The van der Waals surface area contributed by atoms with E-state index >= 15 is 0 Å². The zero-order chi connectivity index (χ0) is 30.6. The molecular weight excluding hydrogens is 544 g/mol. The number of unbranched alkanes of at least 4 members (excludes halogenated alkanes) is 1. The quantitative estimate of drug-likeness (QED) is 0.173. The SMILES string of the molecule is COc1ccc(C(=O)CCCCC(=O)N(CC(=O)c2ccc(OC)cc2)[C@@H](Cc2ccc(O)cc2)CN2CCCC2)cc1. The largest absolute Gasteiger partial charge is 0.508 e. The Kier molecular flexibility index (Phi) is 11.7. The number of phenols is 1. The van der Waals surface area contributed by atoms with Crippen molar-refractivity contribution in [3.8, 4) is 17.2 Å². The first-order valence-corrected chi connectivity index (χ1v) is 15.0. The Hall–Kier alpha value is -4.17. The van der Waals surface area contributed by atoms with Crippen molar-refractivity contribution in [2.24, 2.45) is 0 Å². The highest BCUT2D eigenvalue weighted by molar-refractivity contribution is 5.99. The van der Waals surface area contributed by atoms with Gasteiger partial charge in [-0.3, -0.25) is 14.4 Å². The smallest absolute Gasteiger partial charge is 0.223 e. The Morgan fingerprint density at radius 2 is 1.30 bits per heavy atom. The number of hydrogen-bond donors (Lipinski definition) is 1. The number of Topliss-reactive ketones (excluding diaryl/α,β-unsaturated/α-hetero) is 2. The van der Waals surface area contributed by atoms with Gasteiger partial charge in [0.15, 0.2) is 11.6 Å². The zero-order valence-electron chi connectivity index (χ0n) is 25.2. The molecule has 43 heavy (non-hydrogen) atoms. The molecule has 0 aliphatic carbocycles. The van der Waals surface area contributed by atoms with Crippen LogP contribution in [0, 0.1) is 0 Å². The Bertz CT molecular complexity index is 1330. The monoisotopic (exact) mass is 586 g/mol. The van der Waals surface area contributed by atoms with Crippen LogP contribution in [-0.4, -0.2) is 78.8 Å². The van der Waals surface area contributed by atoms with E-state index in [0.29, 0.717) is 54.9 Å². The number of carbonyl (C=O) groups is 3. The third-order valence-electron chi connectivity index (χ3n) is 8.02. The van der Waals surface area contributed by atoms with Gasteiger partial charge in [-0.1, -0.05) is 12.1 Å². The highest BCUT2D eigenvalue weighted by Gasteiger charge is 2.29. The summed E-state index contributed by atoms with van der Waals surface area (Å²) >= 11 is 0. The second-order valence-corrected chi connectivity index (χ2v) is 11.1. The zero-order valence-corrected chi connectivity index (χ0v) is 25.2. The molecule has 8 heteroatoms. The lowest BCUT2D eigenvalue weighted by Gasteiger charge is -2.34. The number of nitrogens with zero attached hydrogens (tertiary/aromatic N) is 2. The van der Waals surface area contributed by atoms with Gasteiger partial charge in [-0.25, -0.2) is 0 Å². The van der Waals surface area contributed by atoms with E-state index in [9.17, 15) is 19.5 Å². The summed E-state index contributed by atoms with van der Waals surface area (Å²) < 4.78 is 10.4. The average Bonchev–Trinajstić information content (AvgIpc) is 3.55. The Morgan fingerprint density at radius 1 is 0.767 bits per heavy atom. The number of rotatable bonds is 16. The lowest BCUT2D eigenvalue weighted by Crippen LogP contribution is -2.49. The number of likely N-dealkylation sites (tertiary alicyclic amines) is 1. The molecule has 8 nitrogen and oxygen atoms in total. The topological polar surface area (TPSA) is 96.4 Å². The summed E-state index contributed by atoms with van der Waals surface area (Å²) in [5, 5.41) is 9.80. The summed E-state index contributed by atoms with van der Waals surface area (Å²) in [6, 6.07) is 20.8. The van der Waals surface area contributed by atoms with Crippen LogP contribution in [0.2, 0.25) is 0 Å². The molecule has 3 aromatic rings. The van der Waals surface area contributed by atoms with Crippen molar-refractivity contribution in [2.45, 2.75) is 51.0 Å². The van der Waals surface area contributed by atoms with Crippen LogP contribution in [0.1, 0.15) is 64.8 Å². The Morgan fingerprint density at radius 3 is 1.86 bits per heavy atom. The molecule has 1 atom stereocenters. The third kappa shape index (κ3) is 9.41. The Labute approximate surface area is 254 Å². The van der Waals surface area contributed by atoms with Crippen molar-refractivity contribution in [1.29, 1.82) is 0 Å². The predicted molar refractivity (Wildman–Crippen MR) is 166 cm³/mol. The number of benzene rings is 3. The molecule has 1 heterocycles. The summed E-state index contributed by atoms with van der Waals surface area (Å²) in [6.45, 7) is 2.56. The molecule has 0 aromatic heterocycles. The van der Waals surface area contributed by atoms with E-state index in [1.54, 1.807) is 79.8 Å². The van der Waals surface area contributed by atoms with Crippen LogP contribution >= 0.6 is 0 Å². The molecule has 1 amide bonds. The van der Waals surface area contributed by atoms with Crippen LogP contribution in [0.15, 0.2) is 72.8 Å². The van der Waals surface area contributed by atoms with Crippen molar-refractivity contribution >= 4 is 17.5 Å². The van der Waals surface area contributed by atoms with Gasteiger partial charge in [-0.05, 0) is 111 Å². The lowest BCUT2D eigenvalue weighted by molar-refractivity contribution is -0.133. The van der Waals surface area contributed by atoms with Gasteiger partial charge in [0.1, 0.15) is 17.2 Å². The van der Waals surface area contributed by atoms with E-state index in [0.717, 1.165) is 31.5 Å². The molecule has 1 aliphatic rings. The summed E-state index contributed by atoms with van der Waals surface area (Å²) in [4.78, 5) is 44.1. The normalized spacial score (nSPS) is 13.8. The van der Waals surface area contributed by atoms with Crippen molar-refractivity contribution in [1.82, 2.24) is 9.80 Å². The fraction of sp³-hybridized carbons (Fsp3) is 0.400. The van der Waals surface area contributed by atoms with Crippen molar-refractivity contribution < 1.29 is 29.0 Å². The number of ether oxygens (including phenoxy) is 2. The van der Waals surface area contributed by atoms with E-state index in [1.165, 1.54) is 0 Å². The van der Waals surface area contributed by atoms with Crippen LogP contribution in [-0.2, 0) is 11.2 Å². The van der Waals surface area contributed by atoms with Crippen LogP contribution in [0.25, 0.3) is 0 Å². The second-order valence-electron chi connectivity index (χ2n) is 11.1. The van der Waals surface area contributed by atoms with Crippen LogP contribution in [0.5, 0.6) is 17.2 Å². The van der Waals surface area contributed by atoms with Crippen molar-refractivity contribution in [3.63, 3.8) is 0 Å². The number of carbonyl (C=O) groups excluding carboxylic acids is 3. The van der Waals surface area contributed by atoms with Gasteiger partial charge in [0.2, 0.25) is 5.91 Å². The summed E-state index contributed by atoms with van der Waals surface area (Å²) in [5.41, 5.74) is 2.13. The maximum Gasteiger partial charge on any atom is 0.223 e. The van der Waals surface area contributed by atoms with Gasteiger partial charge in [0.25, 0.3) is 0 Å². The second kappa shape index (κ2) is 15.9. The molecule has 3 aromatic carbocycles. The maximum absolute atomic E-state index is 13.9. The van der Waals surface area contributed by atoms with Crippen molar-refractivity contribution in [3.05, 3.63) is 89.5 Å². The molecule has 228 valence electrons. The molecule has 0 radical (unpaired) electrons. The van der Waals surface area contributed by atoms with Gasteiger partial charge >= 0.3 is 0 Å². The van der Waals surface area contributed by atoms with E-state index in [2.05, 4.69) is 4.90 Å². The Balaban J connectivity index is 1.47. The van der Waals surface area contributed by atoms with E-state index in [1.807, 2.05) is 12.1 Å². The predicted octanol–water partition coefficient (Wildman–Crippen LogP) is 5.57. The average molecular weight is 587 g/mol. The maximum atomic E-state index is 13.9. The first-order valence-electron chi connectivity index (χ1n) is 15.0. The fourth-order valence-electron chi connectivity index (χ4n) is 5.51. The van der Waals surface area contributed by atoms with Crippen molar-refractivity contribution in [2.75, 3.05) is 40.4 Å². The minimum Gasteiger partial charge on any atom is -0.508 e. The number of hydrogen-bond acceptors (Lipinski definition) is 7. The first kappa shape index (κ1) is 31.8. The first-order chi connectivity index (χ1) is 20.9. The van der Waals surface area contributed by atoms with E-state index < -0.39 is 0 Å². The molecule has 4 rings (SSSR count). The molecule has 0 saturated carbocycles. The minimum absolute atomic E-state index is 0.0286. The molecule has 0 unspecified atom stereocenters. The molecule has 1 N–H and O–H groups in total.